The van der Waals surface area contributed by atoms with Crippen LogP contribution in [0.3, 0.4) is 0 Å². The van der Waals surface area contributed by atoms with E-state index < -0.39 is 0 Å². The third-order valence-corrected chi connectivity index (χ3v) is 5.70. The molecular formula is C24H22FN5O. The molecule has 31 heavy (non-hydrogen) atoms. The zero-order chi connectivity index (χ0) is 21.4. The first-order valence-corrected chi connectivity index (χ1v) is 10.3. The molecule has 0 N–H and O–H groups in total. The molecule has 5 rings (SSSR count). The largest absolute Gasteiger partial charge is 0.366 e. The third-order valence-electron chi connectivity index (χ3n) is 5.70. The Morgan fingerprint density at radius 3 is 2.58 bits per heavy atom. The molecule has 2 aromatic heterocycles. The minimum Gasteiger partial charge on any atom is -0.366 e. The summed E-state index contributed by atoms with van der Waals surface area (Å²) in [5, 5.41) is 0. The Bertz CT molecular complexity index is 1260. The van der Waals surface area contributed by atoms with Crippen LogP contribution in [0.25, 0.3) is 16.9 Å². The molecular weight excluding hydrogens is 393 g/mol. The second kappa shape index (κ2) is 7.83. The van der Waals surface area contributed by atoms with Gasteiger partial charge in [-0.25, -0.2) is 14.4 Å². The second-order valence-electron chi connectivity index (χ2n) is 7.62. The van der Waals surface area contributed by atoms with Crippen molar-refractivity contribution in [2.45, 2.75) is 6.92 Å². The van der Waals surface area contributed by atoms with E-state index in [1.165, 1.54) is 6.07 Å². The van der Waals surface area contributed by atoms with Gasteiger partial charge in [-0.3, -0.25) is 9.36 Å². The van der Waals surface area contributed by atoms with Crippen LogP contribution >= 0.6 is 0 Å². The molecule has 3 heterocycles. The Morgan fingerprint density at radius 1 is 0.968 bits per heavy atom. The Kier molecular flexibility index (Phi) is 4.86. The number of benzene rings is 2. The summed E-state index contributed by atoms with van der Waals surface area (Å²) >= 11 is 0. The number of piperazine rings is 1. The quantitative estimate of drug-likeness (QED) is 0.510. The maximum atomic E-state index is 14.1. The highest BCUT2D eigenvalue weighted by molar-refractivity contribution is 5.95. The van der Waals surface area contributed by atoms with Crippen molar-refractivity contribution in [1.82, 2.24) is 19.4 Å². The molecule has 0 unspecified atom stereocenters. The number of aromatic nitrogens is 3. The smallest absolute Gasteiger partial charge is 0.254 e. The predicted molar refractivity (Wildman–Crippen MR) is 118 cm³/mol. The Morgan fingerprint density at radius 2 is 1.77 bits per heavy atom. The van der Waals surface area contributed by atoms with Gasteiger partial charge in [-0.1, -0.05) is 18.2 Å². The van der Waals surface area contributed by atoms with Crippen LogP contribution in [0.4, 0.5) is 10.1 Å². The molecule has 0 bridgehead atoms. The number of carbonyl (C=O) groups excluding carboxylic acids is 1. The van der Waals surface area contributed by atoms with Crippen LogP contribution in [-0.4, -0.2) is 51.5 Å². The number of imidazole rings is 1. The molecule has 7 heteroatoms. The standard InChI is InChI=1S/C24H22FN5O/c1-17-27-21-9-5-11-26-23(21)30(17)19-7-4-6-18(16-19)24(31)29-14-12-28(13-15-29)22-10-3-2-8-20(22)25/h2-11,16H,12-15H2,1H3. The van der Waals surface area contributed by atoms with Crippen LogP contribution in [0.1, 0.15) is 16.2 Å². The van der Waals surface area contributed by atoms with Crippen molar-refractivity contribution in [3.8, 4) is 5.69 Å². The van der Waals surface area contributed by atoms with E-state index in [-0.39, 0.29) is 11.7 Å². The average molecular weight is 415 g/mol. The molecule has 0 atom stereocenters. The lowest BCUT2D eigenvalue weighted by atomic mass is 10.1. The predicted octanol–water partition coefficient (Wildman–Crippen LogP) is 3.83. The highest BCUT2D eigenvalue weighted by atomic mass is 19.1. The minimum atomic E-state index is -0.230. The van der Waals surface area contributed by atoms with Crippen LogP contribution in [0.15, 0.2) is 66.9 Å². The van der Waals surface area contributed by atoms with Gasteiger partial charge in [-0.2, -0.15) is 0 Å². The molecule has 6 nitrogen and oxygen atoms in total. The van der Waals surface area contributed by atoms with Gasteiger partial charge in [0.2, 0.25) is 0 Å². The Hall–Kier alpha value is -3.74. The number of hydrogen-bond donors (Lipinski definition) is 0. The molecule has 156 valence electrons. The van der Waals surface area contributed by atoms with Crippen molar-refractivity contribution < 1.29 is 9.18 Å². The molecule has 1 amide bonds. The van der Waals surface area contributed by atoms with E-state index in [1.54, 1.807) is 18.3 Å². The topological polar surface area (TPSA) is 54.3 Å². The van der Waals surface area contributed by atoms with Gasteiger partial charge in [-0.15, -0.1) is 0 Å². The summed E-state index contributed by atoms with van der Waals surface area (Å²) in [5.74, 6) is 0.563. The van der Waals surface area contributed by atoms with E-state index in [1.807, 2.05) is 63.8 Å². The summed E-state index contributed by atoms with van der Waals surface area (Å²) in [5.41, 5.74) is 3.65. The number of aryl methyl sites for hydroxylation is 1. The third kappa shape index (κ3) is 3.52. The summed E-state index contributed by atoms with van der Waals surface area (Å²) in [6.45, 7) is 4.22. The molecule has 2 aromatic carbocycles. The fourth-order valence-corrected chi connectivity index (χ4v) is 4.15. The van der Waals surface area contributed by atoms with Crippen LogP contribution in [0, 0.1) is 12.7 Å². The Labute approximate surface area is 179 Å². The summed E-state index contributed by atoms with van der Waals surface area (Å²) < 4.78 is 16.0. The van der Waals surface area contributed by atoms with Gasteiger partial charge in [0.1, 0.15) is 17.2 Å². The van der Waals surface area contributed by atoms with Crippen LogP contribution in [0.5, 0.6) is 0 Å². The second-order valence-corrected chi connectivity index (χ2v) is 7.62. The highest BCUT2D eigenvalue weighted by Crippen LogP contribution is 2.23. The maximum Gasteiger partial charge on any atom is 0.254 e. The number of pyridine rings is 1. The van der Waals surface area contributed by atoms with Crippen molar-refractivity contribution in [1.29, 1.82) is 0 Å². The monoisotopic (exact) mass is 415 g/mol. The van der Waals surface area contributed by atoms with E-state index in [2.05, 4.69) is 9.97 Å². The first-order valence-electron chi connectivity index (χ1n) is 10.3. The summed E-state index contributed by atoms with van der Waals surface area (Å²) in [6, 6.07) is 18.1. The number of anilines is 1. The van der Waals surface area contributed by atoms with Gasteiger partial charge in [-0.05, 0) is 49.4 Å². The normalized spacial score (nSPS) is 14.3. The number of nitrogens with zero attached hydrogens (tertiary/aromatic N) is 5. The van der Waals surface area contributed by atoms with Gasteiger partial charge in [0.05, 0.1) is 5.69 Å². The lowest BCUT2D eigenvalue weighted by molar-refractivity contribution is 0.0746. The lowest BCUT2D eigenvalue weighted by Gasteiger charge is -2.36. The van der Waals surface area contributed by atoms with Gasteiger partial charge in [0.25, 0.3) is 5.91 Å². The van der Waals surface area contributed by atoms with Gasteiger partial charge in [0, 0.05) is 43.6 Å². The van der Waals surface area contributed by atoms with E-state index in [9.17, 15) is 9.18 Å². The number of rotatable bonds is 3. The van der Waals surface area contributed by atoms with E-state index in [4.69, 9.17) is 0 Å². The SMILES string of the molecule is Cc1nc2cccnc2n1-c1cccc(C(=O)N2CCN(c3ccccc3F)CC2)c1. The van der Waals surface area contributed by atoms with Crippen molar-refractivity contribution in [3.63, 3.8) is 0 Å². The van der Waals surface area contributed by atoms with Gasteiger partial charge in [0.15, 0.2) is 5.65 Å². The number of halogens is 1. The molecule has 0 radical (unpaired) electrons. The van der Waals surface area contributed by atoms with E-state index in [0.29, 0.717) is 37.4 Å². The number of fused-ring (bicyclic) bond motifs is 1. The molecule has 0 spiro atoms. The fraction of sp³-hybridized carbons (Fsp3) is 0.208. The van der Waals surface area contributed by atoms with Gasteiger partial charge >= 0.3 is 0 Å². The summed E-state index contributed by atoms with van der Waals surface area (Å²) in [4.78, 5) is 26.0. The van der Waals surface area contributed by atoms with Crippen molar-refractivity contribution >= 4 is 22.8 Å². The zero-order valence-corrected chi connectivity index (χ0v) is 17.2. The summed E-state index contributed by atoms with van der Waals surface area (Å²) in [7, 11) is 0. The first-order chi connectivity index (χ1) is 15.1. The molecule has 1 aliphatic rings. The summed E-state index contributed by atoms with van der Waals surface area (Å²) in [6.07, 6.45) is 1.74. The molecule has 4 aromatic rings. The number of amides is 1. The Balaban J connectivity index is 1.36. The number of hydrogen-bond acceptors (Lipinski definition) is 4. The highest BCUT2D eigenvalue weighted by Gasteiger charge is 2.24. The van der Waals surface area contributed by atoms with E-state index >= 15 is 0 Å². The van der Waals surface area contributed by atoms with Gasteiger partial charge < -0.3 is 9.80 Å². The maximum absolute atomic E-state index is 14.1. The number of carbonyl (C=O) groups is 1. The number of para-hydroxylation sites is 1. The molecule has 1 saturated heterocycles. The fourth-order valence-electron chi connectivity index (χ4n) is 4.15. The minimum absolute atomic E-state index is 0.0231. The van der Waals surface area contributed by atoms with Crippen molar-refractivity contribution in [3.05, 3.63) is 84.1 Å². The lowest BCUT2D eigenvalue weighted by Crippen LogP contribution is -2.49. The van der Waals surface area contributed by atoms with Crippen molar-refractivity contribution in [2.24, 2.45) is 0 Å². The van der Waals surface area contributed by atoms with Crippen LogP contribution in [0.2, 0.25) is 0 Å². The van der Waals surface area contributed by atoms with Crippen LogP contribution in [-0.2, 0) is 0 Å². The average Bonchev–Trinajstić information content (AvgIpc) is 3.15. The first kappa shape index (κ1) is 19.2. The molecule has 1 aliphatic heterocycles. The molecule has 0 saturated carbocycles. The zero-order valence-electron chi connectivity index (χ0n) is 17.2. The van der Waals surface area contributed by atoms with Crippen molar-refractivity contribution in [2.75, 3.05) is 31.1 Å². The van der Waals surface area contributed by atoms with Crippen LogP contribution < -0.4 is 4.90 Å². The molecule has 1 fully saturated rings. The molecule has 0 aliphatic carbocycles. The van der Waals surface area contributed by atoms with E-state index in [0.717, 1.165) is 22.7 Å².